The van der Waals surface area contributed by atoms with E-state index in [9.17, 15) is 9.59 Å². The van der Waals surface area contributed by atoms with Gasteiger partial charge in [-0.05, 0) is 29.7 Å². The lowest BCUT2D eigenvalue weighted by molar-refractivity contribution is -0.137. The molecule has 0 N–H and O–H groups in total. The summed E-state index contributed by atoms with van der Waals surface area (Å²) in [6.45, 7) is 5.41. The molecule has 7 heteroatoms. The van der Waals surface area contributed by atoms with Gasteiger partial charge in [-0.2, -0.15) is 0 Å². The monoisotopic (exact) mass is 435 g/mol. The molecule has 0 aromatic heterocycles. The molecule has 2 aromatic carbocycles. The first-order valence-corrected chi connectivity index (χ1v) is 11.4. The van der Waals surface area contributed by atoms with Gasteiger partial charge in [0.2, 0.25) is 18.6 Å². The number of rotatable bonds is 6. The molecule has 2 fully saturated rings. The minimum absolute atomic E-state index is 0.0979. The molecule has 2 aromatic rings. The van der Waals surface area contributed by atoms with E-state index in [2.05, 4.69) is 23.1 Å². The molecule has 3 aliphatic rings. The maximum absolute atomic E-state index is 13.1. The van der Waals surface area contributed by atoms with E-state index >= 15 is 0 Å². The molecule has 0 aliphatic carbocycles. The number of carbonyl (C=O) groups is 2. The third-order valence-electron chi connectivity index (χ3n) is 6.60. The molecule has 3 aliphatic heterocycles. The zero-order chi connectivity index (χ0) is 21.9. The van der Waals surface area contributed by atoms with Gasteiger partial charge in [-0.1, -0.05) is 36.4 Å². The number of amides is 2. The Kier molecular flexibility index (Phi) is 5.99. The quantitative estimate of drug-likeness (QED) is 0.696. The van der Waals surface area contributed by atoms with Gasteiger partial charge in [-0.3, -0.25) is 14.5 Å². The second-order valence-electron chi connectivity index (χ2n) is 8.77. The van der Waals surface area contributed by atoms with Crippen LogP contribution in [0.2, 0.25) is 0 Å². The summed E-state index contributed by atoms with van der Waals surface area (Å²) in [6, 6.07) is 16.2. The number of piperazine rings is 1. The Morgan fingerprint density at radius 1 is 0.938 bits per heavy atom. The van der Waals surface area contributed by atoms with Crippen LogP contribution in [0.1, 0.15) is 17.5 Å². The van der Waals surface area contributed by atoms with Crippen LogP contribution in [0, 0.1) is 5.92 Å². The van der Waals surface area contributed by atoms with Crippen LogP contribution in [0.5, 0.6) is 11.5 Å². The van der Waals surface area contributed by atoms with Crippen molar-refractivity contribution in [2.24, 2.45) is 5.92 Å². The van der Waals surface area contributed by atoms with E-state index in [1.54, 1.807) is 0 Å². The zero-order valence-electron chi connectivity index (χ0n) is 18.2. The van der Waals surface area contributed by atoms with Crippen molar-refractivity contribution in [3.8, 4) is 11.5 Å². The van der Waals surface area contributed by atoms with Crippen molar-refractivity contribution < 1.29 is 19.1 Å². The second-order valence-corrected chi connectivity index (χ2v) is 8.77. The summed E-state index contributed by atoms with van der Waals surface area (Å²) in [7, 11) is 0. The molecule has 168 valence electrons. The molecule has 5 rings (SSSR count). The molecule has 0 radical (unpaired) electrons. The SMILES string of the molecule is O=C1C[C@H](C(=O)N2CCN(Cc3ccc4c(c3)OCO4)CC2)CN1CCc1ccccc1. The van der Waals surface area contributed by atoms with Crippen LogP contribution < -0.4 is 9.47 Å². The van der Waals surface area contributed by atoms with Crippen LogP contribution >= 0.6 is 0 Å². The second kappa shape index (κ2) is 9.20. The highest BCUT2D eigenvalue weighted by atomic mass is 16.7. The maximum atomic E-state index is 13.1. The normalized spacial score (nSPS) is 20.8. The Hall–Kier alpha value is -3.06. The number of nitrogens with zero attached hydrogens (tertiary/aromatic N) is 3. The number of carbonyl (C=O) groups excluding carboxylic acids is 2. The Bertz CT molecular complexity index is 972. The van der Waals surface area contributed by atoms with Crippen LogP contribution in [0.15, 0.2) is 48.5 Å². The van der Waals surface area contributed by atoms with Crippen molar-refractivity contribution >= 4 is 11.8 Å². The predicted molar refractivity (Wildman–Crippen MR) is 119 cm³/mol. The van der Waals surface area contributed by atoms with Crippen molar-refractivity contribution in [1.29, 1.82) is 0 Å². The number of fused-ring (bicyclic) bond motifs is 1. The van der Waals surface area contributed by atoms with Crippen LogP contribution in [0.4, 0.5) is 0 Å². The summed E-state index contributed by atoms with van der Waals surface area (Å²) in [4.78, 5) is 31.7. The highest BCUT2D eigenvalue weighted by molar-refractivity contribution is 5.89. The molecule has 0 unspecified atom stereocenters. The summed E-state index contributed by atoms with van der Waals surface area (Å²) in [5.74, 6) is 1.62. The third kappa shape index (κ3) is 4.58. The predicted octanol–water partition coefficient (Wildman–Crippen LogP) is 2.15. The van der Waals surface area contributed by atoms with Crippen LogP contribution in [0.3, 0.4) is 0 Å². The van der Waals surface area contributed by atoms with E-state index in [0.29, 0.717) is 32.6 Å². The smallest absolute Gasteiger partial charge is 0.231 e. The van der Waals surface area contributed by atoms with Gasteiger partial charge in [0.1, 0.15) is 0 Å². The van der Waals surface area contributed by atoms with Gasteiger partial charge in [0.15, 0.2) is 11.5 Å². The Morgan fingerprint density at radius 2 is 1.72 bits per heavy atom. The fourth-order valence-corrected chi connectivity index (χ4v) is 4.74. The topological polar surface area (TPSA) is 62.3 Å². The third-order valence-corrected chi connectivity index (χ3v) is 6.60. The minimum atomic E-state index is -0.210. The average molecular weight is 436 g/mol. The van der Waals surface area contributed by atoms with Gasteiger partial charge < -0.3 is 19.3 Å². The van der Waals surface area contributed by atoms with Crippen molar-refractivity contribution in [3.63, 3.8) is 0 Å². The van der Waals surface area contributed by atoms with Crippen LogP contribution in [0.25, 0.3) is 0 Å². The molecule has 32 heavy (non-hydrogen) atoms. The van der Waals surface area contributed by atoms with Gasteiger partial charge in [0.25, 0.3) is 0 Å². The van der Waals surface area contributed by atoms with Crippen molar-refractivity contribution in [2.45, 2.75) is 19.4 Å². The summed E-state index contributed by atoms with van der Waals surface area (Å²) in [5.41, 5.74) is 2.40. The summed E-state index contributed by atoms with van der Waals surface area (Å²) < 4.78 is 10.8. The van der Waals surface area contributed by atoms with Gasteiger partial charge in [0.05, 0.1) is 5.92 Å². The Morgan fingerprint density at radius 3 is 2.53 bits per heavy atom. The standard InChI is InChI=1S/C25H29N3O4/c29-24-15-21(17-28(24)9-8-19-4-2-1-3-5-19)25(30)27-12-10-26(11-13-27)16-20-6-7-22-23(14-20)32-18-31-22/h1-7,14,21H,8-13,15-18H2/t21-/m0/s1. The molecule has 0 bridgehead atoms. The van der Waals surface area contributed by atoms with E-state index < -0.39 is 0 Å². The molecular formula is C25H29N3O4. The molecule has 3 heterocycles. The van der Waals surface area contributed by atoms with Gasteiger partial charge >= 0.3 is 0 Å². The largest absolute Gasteiger partial charge is 0.454 e. The lowest BCUT2D eigenvalue weighted by Crippen LogP contribution is -2.50. The number of benzene rings is 2. The van der Waals surface area contributed by atoms with E-state index in [0.717, 1.165) is 37.6 Å². The van der Waals surface area contributed by atoms with Crippen molar-refractivity contribution in [2.75, 3.05) is 46.1 Å². The molecule has 2 saturated heterocycles. The van der Waals surface area contributed by atoms with E-state index in [4.69, 9.17) is 9.47 Å². The fourth-order valence-electron chi connectivity index (χ4n) is 4.74. The maximum Gasteiger partial charge on any atom is 0.231 e. The highest BCUT2D eigenvalue weighted by Gasteiger charge is 2.37. The first-order chi connectivity index (χ1) is 15.7. The van der Waals surface area contributed by atoms with E-state index in [-0.39, 0.29) is 24.5 Å². The number of hydrogen-bond donors (Lipinski definition) is 0. The van der Waals surface area contributed by atoms with Crippen molar-refractivity contribution in [3.05, 3.63) is 59.7 Å². The number of ether oxygens (including phenoxy) is 2. The van der Waals surface area contributed by atoms with Crippen molar-refractivity contribution in [1.82, 2.24) is 14.7 Å². The number of hydrogen-bond acceptors (Lipinski definition) is 5. The Balaban J connectivity index is 1.09. The molecule has 1 atom stereocenters. The first kappa shape index (κ1) is 20.8. The fraction of sp³-hybridized carbons (Fsp3) is 0.440. The summed E-state index contributed by atoms with van der Waals surface area (Å²) in [5, 5.41) is 0. The molecule has 0 saturated carbocycles. The number of likely N-dealkylation sites (tertiary alicyclic amines) is 1. The van der Waals surface area contributed by atoms with E-state index in [1.165, 1.54) is 11.1 Å². The average Bonchev–Trinajstić information content (AvgIpc) is 3.44. The molecular weight excluding hydrogens is 406 g/mol. The van der Waals surface area contributed by atoms with Crippen LogP contribution in [-0.4, -0.2) is 72.6 Å². The lowest BCUT2D eigenvalue weighted by Gasteiger charge is -2.36. The minimum Gasteiger partial charge on any atom is -0.454 e. The van der Waals surface area contributed by atoms with Crippen LogP contribution in [-0.2, 0) is 22.6 Å². The molecule has 0 spiro atoms. The summed E-state index contributed by atoms with van der Waals surface area (Å²) in [6.07, 6.45) is 1.16. The van der Waals surface area contributed by atoms with Gasteiger partial charge in [0, 0.05) is 52.2 Å². The molecule has 2 amide bonds. The zero-order valence-corrected chi connectivity index (χ0v) is 18.2. The van der Waals surface area contributed by atoms with Gasteiger partial charge in [-0.25, -0.2) is 0 Å². The Labute approximate surface area is 188 Å². The molecule has 7 nitrogen and oxygen atoms in total. The summed E-state index contributed by atoms with van der Waals surface area (Å²) >= 11 is 0. The van der Waals surface area contributed by atoms with E-state index in [1.807, 2.05) is 40.1 Å². The highest BCUT2D eigenvalue weighted by Crippen LogP contribution is 2.33. The first-order valence-electron chi connectivity index (χ1n) is 11.4. The lowest BCUT2D eigenvalue weighted by atomic mass is 10.1. The van der Waals surface area contributed by atoms with Gasteiger partial charge in [-0.15, -0.1) is 0 Å².